The van der Waals surface area contributed by atoms with E-state index in [9.17, 15) is 0 Å². The van der Waals surface area contributed by atoms with Crippen LogP contribution in [0.5, 0.6) is 0 Å². The maximum absolute atomic E-state index is 6.51. The van der Waals surface area contributed by atoms with Crippen LogP contribution < -0.4 is 4.90 Å². The molecule has 1 aliphatic rings. The molecule has 0 fully saturated rings. The van der Waals surface area contributed by atoms with E-state index in [-0.39, 0.29) is 0 Å². The van der Waals surface area contributed by atoms with Gasteiger partial charge < -0.3 is 13.9 Å². The first-order valence-corrected chi connectivity index (χ1v) is 23.4. The third-order valence-electron chi connectivity index (χ3n) is 14.4. The van der Waals surface area contributed by atoms with Crippen LogP contribution in [0.25, 0.3) is 82.5 Å². The van der Waals surface area contributed by atoms with Gasteiger partial charge >= 0.3 is 0 Å². The Labute approximate surface area is 394 Å². The summed E-state index contributed by atoms with van der Waals surface area (Å²) in [6.07, 6.45) is 0. The van der Waals surface area contributed by atoms with Crippen LogP contribution in [0.2, 0.25) is 0 Å². The Morgan fingerprint density at radius 3 is 1.63 bits per heavy atom. The first-order valence-electron chi connectivity index (χ1n) is 23.4. The molecule has 0 bridgehead atoms. The fraction of sp³-hybridized carbons (Fsp3) is 0.0154. The van der Waals surface area contributed by atoms with Crippen LogP contribution in [0.1, 0.15) is 22.3 Å². The lowest BCUT2D eigenvalue weighted by molar-refractivity contribution is 0.669. The molecule has 0 aliphatic heterocycles. The lowest BCUT2D eigenvalue weighted by atomic mass is 9.67. The van der Waals surface area contributed by atoms with E-state index in [0.29, 0.717) is 0 Å². The van der Waals surface area contributed by atoms with Crippen LogP contribution in [0, 0.1) is 0 Å². The monoisotopic (exact) mass is 866 g/mol. The molecule has 11 aromatic carbocycles. The molecule has 1 aliphatic carbocycles. The van der Waals surface area contributed by atoms with E-state index in [1.807, 2.05) is 0 Å². The molecule has 2 aromatic heterocycles. The van der Waals surface area contributed by atoms with Crippen molar-refractivity contribution in [3.05, 3.63) is 277 Å². The minimum atomic E-state index is -0.548. The quantitative estimate of drug-likeness (QED) is 0.159. The van der Waals surface area contributed by atoms with Crippen molar-refractivity contribution in [2.24, 2.45) is 0 Å². The van der Waals surface area contributed by atoms with Crippen molar-refractivity contribution in [2.75, 3.05) is 4.90 Å². The largest absolute Gasteiger partial charge is 0.456 e. The predicted molar refractivity (Wildman–Crippen MR) is 283 cm³/mol. The molecule has 318 valence electrons. The van der Waals surface area contributed by atoms with E-state index < -0.39 is 5.41 Å². The number of rotatable bonds is 7. The molecule has 0 radical (unpaired) electrons. The second-order valence-corrected chi connectivity index (χ2v) is 18.0. The van der Waals surface area contributed by atoms with Gasteiger partial charge in [-0.05, 0) is 129 Å². The lowest BCUT2D eigenvalue weighted by Gasteiger charge is -2.35. The number of fused-ring (bicyclic) bond motifs is 10. The van der Waals surface area contributed by atoms with Crippen LogP contribution in [0.4, 0.5) is 17.1 Å². The van der Waals surface area contributed by atoms with Crippen molar-refractivity contribution < 1.29 is 4.42 Å². The zero-order valence-corrected chi connectivity index (χ0v) is 37.1. The molecule has 0 saturated heterocycles. The van der Waals surface area contributed by atoms with E-state index in [1.165, 1.54) is 66.0 Å². The number of para-hydroxylation sites is 3. The van der Waals surface area contributed by atoms with Gasteiger partial charge in [0.15, 0.2) is 0 Å². The van der Waals surface area contributed by atoms with Crippen molar-refractivity contribution in [2.45, 2.75) is 5.41 Å². The number of nitrogens with zero attached hydrogens (tertiary/aromatic N) is 2. The van der Waals surface area contributed by atoms with Crippen LogP contribution >= 0.6 is 0 Å². The summed E-state index contributed by atoms with van der Waals surface area (Å²) in [6, 6.07) is 93.3. The minimum Gasteiger partial charge on any atom is -0.456 e. The Morgan fingerprint density at radius 2 is 0.912 bits per heavy atom. The maximum atomic E-state index is 6.51. The predicted octanol–water partition coefficient (Wildman–Crippen LogP) is 17.3. The van der Waals surface area contributed by atoms with E-state index >= 15 is 0 Å². The van der Waals surface area contributed by atoms with E-state index in [0.717, 1.165) is 55.8 Å². The van der Waals surface area contributed by atoms with Gasteiger partial charge in [-0.2, -0.15) is 0 Å². The van der Waals surface area contributed by atoms with Gasteiger partial charge in [0.2, 0.25) is 0 Å². The number of anilines is 3. The summed E-state index contributed by atoms with van der Waals surface area (Å²) in [5, 5.41) is 7.09. The van der Waals surface area contributed by atoms with Gasteiger partial charge in [-0.3, -0.25) is 0 Å². The molecule has 68 heavy (non-hydrogen) atoms. The Balaban J connectivity index is 1.00. The summed E-state index contributed by atoms with van der Waals surface area (Å²) in [5.41, 5.74) is 17.7. The summed E-state index contributed by atoms with van der Waals surface area (Å²) < 4.78 is 8.90. The van der Waals surface area contributed by atoms with Crippen molar-refractivity contribution in [1.29, 1.82) is 0 Å². The second kappa shape index (κ2) is 15.1. The summed E-state index contributed by atoms with van der Waals surface area (Å²) in [4.78, 5) is 2.46. The smallest absolute Gasteiger partial charge is 0.136 e. The highest BCUT2D eigenvalue weighted by Crippen LogP contribution is 2.57. The molecule has 2 heterocycles. The summed E-state index contributed by atoms with van der Waals surface area (Å²) >= 11 is 0. The number of hydrogen-bond acceptors (Lipinski definition) is 2. The van der Waals surface area contributed by atoms with Crippen molar-refractivity contribution in [1.82, 2.24) is 4.57 Å². The molecule has 14 rings (SSSR count). The number of benzene rings is 11. The topological polar surface area (TPSA) is 21.3 Å². The molecule has 0 atom stereocenters. The third-order valence-corrected chi connectivity index (χ3v) is 14.4. The van der Waals surface area contributed by atoms with Crippen molar-refractivity contribution in [3.8, 4) is 27.9 Å². The third kappa shape index (κ3) is 5.66. The molecule has 0 saturated carbocycles. The Hall–Kier alpha value is -8.92. The highest BCUT2D eigenvalue weighted by atomic mass is 16.3. The molecule has 3 nitrogen and oxygen atoms in total. The zero-order valence-electron chi connectivity index (χ0n) is 37.1. The van der Waals surface area contributed by atoms with Crippen LogP contribution in [-0.2, 0) is 5.41 Å². The standard InChI is InChI=1S/C65H42N2O/c1-3-19-46(20-4-1)65(47-21-5-2-6-22-47)58-27-13-9-24-52(58)53-37-36-50(42-59(53)65)66(48-32-34-49(35-33-48)67-61-29-15-11-25-54(61)55-26-12-16-30-62(55)67)60-28-14-10-23-51(60)45-31-38-63-56(40-45)57-39-43-17-7-8-18-44(43)41-64(57)68-63/h1-42H. The Morgan fingerprint density at radius 1 is 0.353 bits per heavy atom. The number of furan rings is 1. The number of hydrogen-bond donors (Lipinski definition) is 0. The summed E-state index contributed by atoms with van der Waals surface area (Å²) in [7, 11) is 0. The van der Waals surface area contributed by atoms with E-state index in [1.54, 1.807) is 0 Å². The Kier molecular flexibility index (Phi) is 8.50. The first-order chi connectivity index (χ1) is 33.7. The minimum absolute atomic E-state index is 0.548. The molecular formula is C65H42N2O. The molecule has 3 heteroatoms. The molecule has 0 unspecified atom stereocenters. The maximum Gasteiger partial charge on any atom is 0.136 e. The zero-order chi connectivity index (χ0) is 44.8. The summed E-state index contributed by atoms with van der Waals surface area (Å²) in [6.45, 7) is 0. The number of aromatic nitrogens is 1. The van der Waals surface area contributed by atoms with Gasteiger partial charge in [0.1, 0.15) is 11.2 Å². The second-order valence-electron chi connectivity index (χ2n) is 18.0. The van der Waals surface area contributed by atoms with Gasteiger partial charge in [-0.1, -0.05) is 176 Å². The molecule has 13 aromatic rings. The highest BCUT2D eigenvalue weighted by Gasteiger charge is 2.46. The van der Waals surface area contributed by atoms with Gasteiger partial charge in [0.25, 0.3) is 0 Å². The normalized spacial score (nSPS) is 12.8. The van der Waals surface area contributed by atoms with Gasteiger partial charge in [0.05, 0.1) is 22.1 Å². The van der Waals surface area contributed by atoms with Crippen LogP contribution in [-0.4, -0.2) is 4.57 Å². The average molecular weight is 867 g/mol. The highest BCUT2D eigenvalue weighted by molar-refractivity contribution is 6.12. The molecule has 0 amide bonds. The lowest BCUT2D eigenvalue weighted by Crippen LogP contribution is -2.28. The fourth-order valence-corrected chi connectivity index (χ4v) is 11.5. The molecular weight excluding hydrogens is 825 g/mol. The average Bonchev–Trinajstić information content (AvgIpc) is 4.04. The van der Waals surface area contributed by atoms with E-state index in [4.69, 9.17) is 4.42 Å². The van der Waals surface area contributed by atoms with Gasteiger partial charge in [-0.15, -0.1) is 0 Å². The SMILES string of the molecule is c1ccc(C2(c3ccccc3)c3ccccc3-c3ccc(N(c4ccc(-n5c6ccccc6c6ccccc65)cc4)c4ccccc4-c4ccc5oc6cc7ccccc7cc6c5c4)cc32)cc1. The van der Waals surface area contributed by atoms with E-state index in [2.05, 4.69) is 264 Å². The molecule has 0 N–H and O–H groups in total. The van der Waals surface area contributed by atoms with Crippen molar-refractivity contribution >= 4 is 71.6 Å². The van der Waals surface area contributed by atoms with Gasteiger partial charge in [-0.25, -0.2) is 0 Å². The Bertz CT molecular complexity index is 3990. The van der Waals surface area contributed by atoms with Crippen LogP contribution in [0.3, 0.4) is 0 Å². The van der Waals surface area contributed by atoms with Crippen LogP contribution in [0.15, 0.2) is 259 Å². The van der Waals surface area contributed by atoms with Crippen molar-refractivity contribution in [3.63, 3.8) is 0 Å². The molecule has 0 spiro atoms. The summed E-state index contributed by atoms with van der Waals surface area (Å²) in [5.74, 6) is 0. The fourth-order valence-electron chi connectivity index (χ4n) is 11.5. The van der Waals surface area contributed by atoms with Gasteiger partial charge in [0, 0.05) is 44.2 Å². The first kappa shape index (κ1) is 38.4.